The standard InChI is InChI=1S/C14H12N4O/c15-10-6-7-12(13(19)8-10)14-17-16-9-18(14)11-4-2-1-3-5-11/h1-9,19H,15H2. The van der Waals surface area contributed by atoms with Gasteiger partial charge in [-0.1, -0.05) is 18.2 Å². The van der Waals surface area contributed by atoms with Crippen molar-refractivity contribution < 1.29 is 5.11 Å². The molecule has 0 saturated carbocycles. The molecular formula is C14H12N4O. The van der Waals surface area contributed by atoms with E-state index in [-0.39, 0.29) is 5.75 Å². The average Bonchev–Trinajstić information content (AvgIpc) is 2.89. The largest absolute Gasteiger partial charge is 0.507 e. The van der Waals surface area contributed by atoms with Crippen molar-refractivity contribution in [3.05, 3.63) is 54.9 Å². The van der Waals surface area contributed by atoms with Crippen molar-refractivity contribution in [1.29, 1.82) is 0 Å². The van der Waals surface area contributed by atoms with Gasteiger partial charge in [0.25, 0.3) is 0 Å². The SMILES string of the molecule is Nc1ccc(-c2nncn2-c2ccccc2)c(O)c1. The van der Waals surface area contributed by atoms with Crippen molar-refractivity contribution in [2.45, 2.75) is 0 Å². The van der Waals surface area contributed by atoms with Gasteiger partial charge in [-0.05, 0) is 24.3 Å². The lowest BCUT2D eigenvalue weighted by Crippen LogP contribution is -1.96. The Bertz CT molecular complexity index is 706. The lowest BCUT2D eigenvalue weighted by Gasteiger charge is -2.08. The zero-order chi connectivity index (χ0) is 13.2. The quantitative estimate of drug-likeness (QED) is 0.685. The van der Waals surface area contributed by atoms with Gasteiger partial charge in [0.1, 0.15) is 12.1 Å². The molecule has 0 fully saturated rings. The summed E-state index contributed by atoms with van der Waals surface area (Å²) in [5, 5.41) is 17.9. The first kappa shape index (κ1) is 11.3. The summed E-state index contributed by atoms with van der Waals surface area (Å²) in [7, 11) is 0. The normalized spacial score (nSPS) is 10.5. The van der Waals surface area contributed by atoms with E-state index in [1.54, 1.807) is 18.5 Å². The van der Waals surface area contributed by atoms with E-state index < -0.39 is 0 Å². The molecule has 94 valence electrons. The minimum Gasteiger partial charge on any atom is -0.507 e. The number of nitrogens with two attached hydrogens (primary N) is 1. The molecule has 0 amide bonds. The molecule has 3 N–H and O–H groups in total. The van der Waals surface area contributed by atoms with E-state index in [4.69, 9.17) is 5.73 Å². The van der Waals surface area contributed by atoms with Gasteiger partial charge in [-0.15, -0.1) is 10.2 Å². The molecule has 2 aromatic carbocycles. The Morgan fingerprint density at radius 2 is 1.84 bits per heavy atom. The lowest BCUT2D eigenvalue weighted by molar-refractivity contribution is 0.477. The van der Waals surface area contributed by atoms with Crippen LogP contribution in [0.2, 0.25) is 0 Å². The number of aromatic hydroxyl groups is 1. The molecule has 0 atom stereocenters. The van der Waals surface area contributed by atoms with Gasteiger partial charge in [-0.25, -0.2) is 0 Å². The maximum Gasteiger partial charge on any atom is 0.172 e. The first-order valence-electron chi connectivity index (χ1n) is 5.80. The highest BCUT2D eigenvalue weighted by molar-refractivity contribution is 5.68. The fraction of sp³-hybridized carbons (Fsp3) is 0. The van der Waals surface area contributed by atoms with Crippen LogP contribution in [0.4, 0.5) is 5.69 Å². The van der Waals surface area contributed by atoms with Crippen molar-refractivity contribution in [3.63, 3.8) is 0 Å². The Balaban J connectivity index is 2.15. The second-order valence-electron chi connectivity index (χ2n) is 4.14. The number of hydrogen-bond donors (Lipinski definition) is 2. The lowest BCUT2D eigenvalue weighted by atomic mass is 10.1. The Morgan fingerprint density at radius 1 is 1.05 bits per heavy atom. The molecule has 0 saturated heterocycles. The summed E-state index contributed by atoms with van der Waals surface area (Å²) in [6.45, 7) is 0. The Kier molecular flexibility index (Phi) is 2.64. The Morgan fingerprint density at radius 3 is 2.58 bits per heavy atom. The summed E-state index contributed by atoms with van der Waals surface area (Å²) < 4.78 is 1.81. The molecular weight excluding hydrogens is 240 g/mol. The van der Waals surface area contributed by atoms with Crippen molar-refractivity contribution >= 4 is 5.69 Å². The van der Waals surface area contributed by atoms with Crippen LogP contribution >= 0.6 is 0 Å². The molecule has 0 bridgehead atoms. The molecule has 1 heterocycles. The molecule has 19 heavy (non-hydrogen) atoms. The Hall–Kier alpha value is -2.82. The highest BCUT2D eigenvalue weighted by atomic mass is 16.3. The van der Waals surface area contributed by atoms with E-state index in [1.165, 1.54) is 6.07 Å². The monoisotopic (exact) mass is 252 g/mol. The highest BCUT2D eigenvalue weighted by Gasteiger charge is 2.12. The van der Waals surface area contributed by atoms with Gasteiger partial charge in [0.15, 0.2) is 5.82 Å². The van der Waals surface area contributed by atoms with Gasteiger partial charge in [0.2, 0.25) is 0 Å². The minimum absolute atomic E-state index is 0.0881. The summed E-state index contributed by atoms with van der Waals surface area (Å²) in [5.41, 5.74) is 7.66. The van der Waals surface area contributed by atoms with E-state index in [2.05, 4.69) is 10.2 Å². The molecule has 3 aromatic rings. The average molecular weight is 252 g/mol. The zero-order valence-corrected chi connectivity index (χ0v) is 10.1. The molecule has 0 radical (unpaired) electrons. The van der Waals surface area contributed by atoms with E-state index in [0.717, 1.165) is 5.69 Å². The minimum atomic E-state index is 0.0881. The molecule has 5 nitrogen and oxygen atoms in total. The number of phenolic OH excluding ortho intramolecular Hbond substituents is 1. The first-order valence-corrected chi connectivity index (χ1v) is 5.80. The second kappa shape index (κ2) is 4.45. The number of aromatic nitrogens is 3. The first-order chi connectivity index (χ1) is 9.25. The fourth-order valence-corrected chi connectivity index (χ4v) is 1.93. The fourth-order valence-electron chi connectivity index (χ4n) is 1.93. The van der Waals surface area contributed by atoms with Gasteiger partial charge in [0.05, 0.1) is 5.56 Å². The smallest absolute Gasteiger partial charge is 0.172 e. The summed E-state index contributed by atoms with van der Waals surface area (Å²) >= 11 is 0. The number of rotatable bonds is 2. The van der Waals surface area contributed by atoms with Crippen molar-refractivity contribution in [3.8, 4) is 22.8 Å². The van der Waals surface area contributed by atoms with Gasteiger partial charge in [-0.2, -0.15) is 0 Å². The number of hydrogen-bond acceptors (Lipinski definition) is 4. The summed E-state index contributed by atoms with van der Waals surface area (Å²) in [4.78, 5) is 0. The van der Waals surface area contributed by atoms with Crippen LogP contribution in [-0.2, 0) is 0 Å². The van der Waals surface area contributed by atoms with Crippen LogP contribution in [0.15, 0.2) is 54.9 Å². The third-order valence-corrected chi connectivity index (χ3v) is 2.84. The molecule has 0 unspecified atom stereocenters. The van der Waals surface area contributed by atoms with Crippen molar-refractivity contribution in [2.75, 3.05) is 5.73 Å². The molecule has 1 aromatic heterocycles. The number of nitrogen functional groups attached to an aromatic ring is 1. The number of nitrogens with zero attached hydrogens (tertiary/aromatic N) is 3. The highest BCUT2D eigenvalue weighted by Crippen LogP contribution is 2.30. The number of anilines is 1. The van der Waals surface area contributed by atoms with E-state index in [9.17, 15) is 5.11 Å². The van der Waals surface area contributed by atoms with Crippen molar-refractivity contribution in [2.24, 2.45) is 0 Å². The van der Waals surface area contributed by atoms with Crippen LogP contribution in [0.25, 0.3) is 17.1 Å². The molecule has 0 spiro atoms. The van der Waals surface area contributed by atoms with E-state index in [0.29, 0.717) is 17.1 Å². The number of phenols is 1. The second-order valence-corrected chi connectivity index (χ2v) is 4.14. The maximum absolute atomic E-state index is 9.97. The third kappa shape index (κ3) is 2.01. The number of benzene rings is 2. The van der Waals surface area contributed by atoms with Crippen LogP contribution in [0.3, 0.4) is 0 Å². The van der Waals surface area contributed by atoms with Crippen LogP contribution < -0.4 is 5.73 Å². The van der Waals surface area contributed by atoms with Crippen molar-refractivity contribution in [1.82, 2.24) is 14.8 Å². The van der Waals surface area contributed by atoms with Gasteiger partial charge in [0, 0.05) is 17.4 Å². The van der Waals surface area contributed by atoms with Gasteiger partial charge >= 0.3 is 0 Å². The predicted molar refractivity (Wildman–Crippen MR) is 72.9 cm³/mol. The summed E-state index contributed by atoms with van der Waals surface area (Å²) in [6, 6.07) is 14.6. The predicted octanol–water partition coefficient (Wildman–Crippen LogP) is 2.22. The van der Waals surface area contributed by atoms with E-state index >= 15 is 0 Å². The topological polar surface area (TPSA) is 77.0 Å². The molecule has 3 rings (SSSR count). The Labute approximate surface area is 110 Å². The molecule has 0 aliphatic rings. The van der Waals surface area contributed by atoms with Crippen LogP contribution in [-0.4, -0.2) is 19.9 Å². The van der Waals surface area contributed by atoms with Gasteiger partial charge in [-0.3, -0.25) is 4.57 Å². The van der Waals surface area contributed by atoms with Crippen LogP contribution in [0.1, 0.15) is 0 Å². The van der Waals surface area contributed by atoms with Crippen LogP contribution in [0.5, 0.6) is 5.75 Å². The third-order valence-electron chi connectivity index (χ3n) is 2.84. The summed E-state index contributed by atoms with van der Waals surface area (Å²) in [6.07, 6.45) is 1.61. The zero-order valence-electron chi connectivity index (χ0n) is 10.1. The maximum atomic E-state index is 9.97. The molecule has 0 aliphatic heterocycles. The molecule has 5 heteroatoms. The number of para-hydroxylation sites is 1. The summed E-state index contributed by atoms with van der Waals surface area (Å²) in [5.74, 6) is 0.661. The van der Waals surface area contributed by atoms with E-state index in [1.807, 2.05) is 34.9 Å². The van der Waals surface area contributed by atoms with Crippen LogP contribution in [0, 0.1) is 0 Å². The molecule has 0 aliphatic carbocycles. The van der Waals surface area contributed by atoms with Gasteiger partial charge < -0.3 is 10.8 Å².